The number of nitrogens with zero attached hydrogens (tertiary/aromatic N) is 1. The molecule has 5 nitrogen and oxygen atoms in total. The Morgan fingerprint density at radius 2 is 2.05 bits per heavy atom. The van der Waals surface area contributed by atoms with Gasteiger partial charge in [-0.05, 0) is 32.0 Å². The van der Waals surface area contributed by atoms with E-state index in [0.717, 1.165) is 5.01 Å². The zero-order valence-corrected chi connectivity index (χ0v) is 11.4. The van der Waals surface area contributed by atoms with E-state index in [9.17, 15) is 9.59 Å². The van der Waals surface area contributed by atoms with Gasteiger partial charge in [-0.1, -0.05) is 6.07 Å². The Morgan fingerprint density at radius 1 is 1.32 bits per heavy atom. The second kappa shape index (κ2) is 5.19. The monoisotopic (exact) mass is 275 g/mol. The fourth-order valence-electron chi connectivity index (χ4n) is 1.68. The summed E-state index contributed by atoms with van der Waals surface area (Å²) < 4.78 is 0. The average Bonchev–Trinajstić information content (AvgIpc) is 2.69. The van der Waals surface area contributed by atoms with E-state index in [2.05, 4.69) is 10.3 Å². The molecule has 0 spiro atoms. The van der Waals surface area contributed by atoms with Crippen LogP contribution in [0.15, 0.2) is 24.3 Å². The number of rotatable bonds is 3. The van der Waals surface area contributed by atoms with Crippen LogP contribution in [0.5, 0.6) is 0 Å². The quantitative estimate of drug-likeness (QED) is 0.899. The Labute approximate surface area is 114 Å². The third kappa shape index (κ3) is 2.97. The van der Waals surface area contributed by atoms with Crippen molar-refractivity contribution >= 4 is 28.8 Å². The maximum absolute atomic E-state index is 12.1. The van der Waals surface area contributed by atoms with Gasteiger partial charge in [0, 0.05) is 11.3 Å². The molecule has 0 saturated carbocycles. The van der Waals surface area contributed by atoms with Crippen molar-refractivity contribution in [3.8, 4) is 0 Å². The van der Waals surface area contributed by atoms with Crippen LogP contribution in [-0.2, 0) is 0 Å². The maximum atomic E-state index is 12.1. The topological polar surface area (TPSA) is 85.1 Å². The molecule has 1 aromatic carbocycles. The molecule has 6 heteroatoms. The molecule has 0 bridgehead atoms. The summed E-state index contributed by atoms with van der Waals surface area (Å²) >= 11 is 1.34. The summed E-state index contributed by atoms with van der Waals surface area (Å²) in [6, 6.07) is 6.51. The van der Waals surface area contributed by atoms with E-state index >= 15 is 0 Å². The molecular formula is C13H13N3O2S. The molecule has 3 N–H and O–H groups in total. The Hall–Kier alpha value is -2.21. The van der Waals surface area contributed by atoms with E-state index in [4.69, 9.17) is 5.73 Å². The molecule has 0 aliphatic carbocycles. The van der Waals surface area contributed by atoms with Gasteiger partial charge >= 0.3 is 0 Å². The average molecular weight is 275 g/mol. The second-order valence-corrected chi connectivity index (χ2v) is 5.25. The summed E-state index contributed by atoms with van der Waals surface area (Å²) in [6.07, 6.45) is 0. The van der Waals surface area contributed by atoms with E-state index < -0.39 is 5.91 Å². The van der Waals surface area contributed by atoms with Crippen molar-refractivity contribution in [3.63, 3.8) is 0 Å². The molecule has 2 amide bonds. The molecule has 0 radical (unpaired) electrons. The molecule has 1 heterocycles. The summed E-state index contributed by atoms with van der Waals surface area (Å²) in [5.41, 5.74) is 6.78. The summed E-state index contributed by atoms with van der Waals surface area (Å²) in [6.45, 7) is 3.64. The largest absolute Gasteiger partial charge is 0.366 e. The smallest absolute Gasteiger partial charge is 0.267 e. The number of aryl methyl sites for hydroxylation is 2. The highest BCUT2D eigenvalue weighted by Gasteiger charge is 2.14. The number of amides is 2. The first-order valence-corrected chi connectivity index (χ1v) is 6.44. The van der Waals surface area contributed by atoms with Gasteiger partial charge in [0.15, 0.2) is 0 Å². The van der Waals surface area contributed by atoms with Gasteiger partial charge in [0.2, 0.25) is 5.91 Å². The number of nitrogens with two attached hydrogens (primary N) is 1. The number of benzene rings is 1. The van der Waals surface area contributed by atoms with Gasteiger partial charge in [-0.15, -0.1) is 11.3 Å². The molecule has 19 heavy (non-hydrogen) atoms. The summed E-state index contributed by atoms with van der Waals surface area (Å²) in [7, 11) is 0. The number of carbonyl (C=O) groups excluding carboxylic acids is 2. The highest BCUT2D eigenvalue weighted by Crippen LogP contribution is 2.19. The number of hydrogen-bond donors (Lipinski definition) is 2. The molecule has 2 rings (SSSR count). The Bertz CT molecular complexity index is 649. The zero-order chi connectivity index (χ0) is 14.0. The first kappa shape index (κ1) is 13.2. The molecule has 0 aliphatic heterocycles. The van der Waals surface area contributed by atoms with Crippen LogP contribution in [0.25, 0.3) is 0 Å². The third-order valence-corrected chi connectivity index (χ3v) is 3.59. The first-order chi connectivity index (χ1) is 8.97. The lowest BCUT2D eigenvalue weighted by atomic mass is 10.2. The van der Waals surface area contributed by atoms with E-state index in [0.29, 0.717) is 21.8 Å². The van der Waals surface area contributed by atoms with Gasteiger partial charge in [-0.3, -0.25) is 9.59 Å². The van der Waals surface area contributed by atoms with Crippen LogP contribution in [0.3, 0.4) is 0 Å². The van der Waals surface area contributed by atoms with Gasteiger partial charge in [0.25, 0.3) is 5.91 Å². The molecule has 1 aromatic heterocycles. The number of aromatic nitrogens is 1. The van der Waals surface area contributed by atoms with Crippen molar-refractivity contribution < 1.29 is 9.59 Å². The molecule has 0 saturated heterocycles. The second-order valence-electron chi connectivity index (χ2n) is 4.05. The van der Waals surface area contributed by atoms with E-state index in [1.54, 1.807) is 31.2 Å². The minimum absolute atomic E-state index is 0.232. The van der Waals surface area contributed by atoms with Gasteiger partial charge < -0.3 is 11.1 Å². The van der Waals surface area contributed by atoms with Crippen molar-refractivity contribution in [2.45, 2.75) is 13.8 Å². The highest BCUT2D eigenvalue weighted by molar-refractivity contribution is 7.13. The first-order valence-electron chi connectivity index (χ1n) is 5.62. The Morgan fingerprint density at radius 3 is 2.63 bits per heavy atom. The number of primary amides is 1. The molecule has 0 unspecified atom stereocenters. The van der Waals surface area contributed by atoms with Gasteiger partial charge in [-0.25, -0.2) is 4.98 Å². The van der Waals surface area contributed by atoms with Crippen LogP contribution >= 0.6 is 11.3 Å². The van der Waals surface area contributed by atoms with Crippen molar-refractivity contribution in [2.24, 2.45) is 5.73 Å². The van der Waals surface area contributed by atoms with Crippen LogP contribution in [0.4, 0.5) is 5.69 Å². The predicted octanol–water partition coefficient (Wildman–Crippen LogP) is 2.11. The normalized spacial score (nSPS) is 10.2. The molecule has 0 atom stereocenters. The lowest BCUT2D eigenvalue weighted by Gasteiger charge is -2.05. The SMILES string of the molecule is Cc1nc(C)c(C(=O)Nc2cccc(C(N)=O)c2)s1. The zero-order valence-electron chi connectivity index (χ0n) is 10.6. The number of anilines is 1. The summed E-state index contributed by atoms with van der Waals surface area (Å²) in [5.74, 6) is -0.759. The molecular weight excluding hydrogens is 262 g/mol. The van der Waals surface area contributed by atoms with Crippen LogP contribution in [0, 0.1) is 13.8 Å². The van der Waals surface area contributed by atoms with Crippen molar-refractivity contribution in [1.82, 2.24) is 4.98 Å². The Kier molecular flexibility index (Phi) is 3.62. The maximum Gasteiger partial charge on any atom is 0.267 e. The van der Waals surface area contributed by atoms with Crippen molar-refractivity contribution in [1.29, 1.82) is 0 Å². The number of nitrogens with one attached hydrogen (secondary N) is 1. The van der Waals surface area contributed by atoms with Crippen molar-refractivity contribution in [2.75, 3.05) is 5.32 Å². The lowest BCUT2D eigenvalue weighted by Crippen LogP contribution is -2.14. The number of carbonyl (C=O) groups is 2. The Balaban J connectivity index is 2.21. The van der Waals surface area contributed by atoms with E-state index in [1.807, 2.05) is 6.92 Å². The van der Waals surface area contributed by atoms with Gasteiger partial charge in [0.1, 0.15) is 4.88 Å². The van der Waals surface area contributed by atoms with Gasteiger partial charge in [-0.2, -0.15) is 0 Å². The summed E-state index contributed by atoms with van der Waals surface area (Å²) in [5, 5.41) is 3.57. The summed E-state index contributed by atoms with van der Waals surface area (Å²) in [4.78, 5) is 27.9. The highest BCUT2D eigenvalue weighted by atomic mass is 32.1. The third-order valence-electron chi connectivity index (χ3n) is 2.51. The standard InChI is InChI=1S/C13H13N3O2S/c1-7-11(19-8(2)15-7)13(18)16-10-5-3-4-9(6-10)12(14)17/h3-6H,1-2H3,(H2,14,17)(H,16,18). The number of thiazole rings is 1. The molecule has 0 fully saturated rings. The fraction of sp³-hybridized carbons (Fsp3) is 0.154. The lowest BCUT2D eigenvalue weighted by molar-refractivity contribution is 0.0996. The van der Waals surface area contributed by atoms with Crippen molar-refractivity contribution in [3.05, 3.63) is 45.4 Å². The van der Waals surface area contributed by atoms with E-state index in [1.165, 1.54) is 11.3 Å². The minimum Gasteiger partial charge on any atom is -0.366 e. The predicted molar refractivity (Wildman–Crippen MR) is 74.5 cm³/mol. The minimum atomic E-state index is -0.527. The van der Waals surface area contributed by atoms with Crippen LogP contribution in [0.2, 0.25) is 0 Å². The van der Waals surface area contributed by atoms with E-state index in [-0.39, 0.29) is 5.91 Å². The number of hydrogen-bond acceptors (Lipinski definition) is 4. The molecule has 0 aliphatic rings. The molecule has 2 aromatic rings. The fourth-order valence-corrected chi connectivity index (χ4v) is 2.50. The van der Waals surface area contributed by atoms with Gasteiger partial charge in [0.05, 0.1) is 10.7 Å². The van der Waals surface area contributed by atoms with Crippen LogP contribution in [0.1, 0.15) is 30.7 Å². The van der Waals surface area contributed by atoms with Crippen LogP contribution in [-0.4, -0.2) is 16.8 Å². The molecule has 98 valence electrons. The van der Waals surface area contributed by atoms with Crippen LogP contribution < -0.4 is 11.1 Å².